The standard InChI is InChI=1S/C17H20N2O4/c1-3-21-16-10-14(17(20)19-23-4-2)7-8-15(16)22-12-13-6-5-9-18-11-13/h5-11H,3-4,12H2,1-2H3,(H,19,20). The molecule has 2 rings (SSSR count). The molecule has 122 valence electrons. The van der Waals surface area contributed by atoms with Crippen LogP contribution in [0.1, 0.15) is 29.8 Å². The monoisotopic (exact) mass is 316 g/mol. The molecule has 0 radical (unpaired) electrons. The van der Waals surface area contributed by atoms with E-state index in [9.17, 15) is 4.79 Å². The molecule has 0 aliphatic heterocycles. The van der Waals surface area contributed by atoms with Gasteiger partial charge in [0.1, 0.15) is 6.61 Å². The maximum Gasteiger partial charge on any atom is 0.274 e. The topological polar surface area (TPSA) is 69.7 Å². The molecular formula is C17H20N2O4. The Morgan fingerprint density at radius 1 is 1.13 bits per heavy atom. The Balaban J connectivity index is 2.11. The number of aromatic nitrogens is 1. The average molecular weight is 316 g/mol. The zero-order valence-corrected chi connectivity index (χ0v) is 13.2. The number of hydrogen-bond acceptors (Lipinski definition) is 5. The van der Waals surface area contributed by atoms with Crippen LogP contribution in [0.2, 0.25) is 0 Å². The predicted molar refractivity (Wildman–Crippen MR) is 85.3 cm³/mol. The van der Waals surface area contributed by atoms with E-state index in [1.54, 1.807) is 37.5 Å². The summed E-state index contributed by atoms with van der Waals surface area (Å²) in [5, 5.41) is 0. The summed E-state index contributed by atoms with van der Waals surface area (Å²) in [5.41, 5.74) is 3.74. The molecular weight excluding hydrogens is 296 g/mol. The van der Waals surface area contributed by atoms with Crippen molar-refractivity contribution in [3.05, 3.63) is 53.9 Å². The number of amides is 1. The van der Waals surface area contributed by atoms with Crippen molar-refractivity contribution in [3.8, 4) is 11.5 Å². The fourth-order valence-electron chi connectivity index (χ4n) is 1.88. The van der Waals surface area contributed by atoms with Crippen LogP contribution in [0.3, 0.4) is 0 Å². The van der Waals surface area contributed by atoms with Gasteiger partial charge in [-0.2, -0.15) is 0 Å². The molecule has 0 spiro atoms. The van der Waals surface area contributed by atoms with Gasteiger partial charge in [-0.1, -0.05) is 6.07 Å². The van der Waals surface area contributed by atoms with Gasteiger partial charge in [0.2, 0.25) is 0 Å². The number of carbonyl (C=O) groups excluding carboxylic acids is 1. The predicted octanol–water partition coefficient (Wildman–Crippen LogP) is 2.74. The van der Waals surface area contributed by atoms with E-state index in [4.69, 9.17) is 14.3 Å². The molecule has 1 heterocycles. The number of hydroxylamine groups is 1. The van der Waals surface area contributed by atoms with Gasteiger partial charge < -0.3 is 9.47 Å². The molecule has 23 heavy (non-hydrogen) atoms. The number of hydrogen-bond donors (Lipinski definition) is 1. The summed E-state index contributed by atoms with van der Waals surface area (Å²) in [6.07, 6.45) is 3.45. The Morgan fingerprint density at radius 3 is 2.70 bits per heavy atom. The first-order chi connectivity index (χ1) is 11.2. The van der Waals surface area contributed by atoms with Crippen LogP contribution in [0, 0.1) is 0 Å². The summed E-state index contributed by atoms with van der Waals surface area (Å²) in [6.45, 7) is 4.91. The molecule has 1 amide bonds. The van der Waals surface area contributed by atoms with Gasteiger partial charge >= 0.3 is 0 Å². The number of carbonyl (C=O) groups is 1. The lowest BCUT2D eigenvalue weighted by molar-refractivity contribution is 0.0364. The molecule has 1 aromatic carbocycles. The van der Waals surface area contributed by atoms with Gasteiger partial charge in [-0.3, -0.25) is 14.6 Å². The number of rotatable bonds is 8. The minimum Gasteiger partial charge on any atom is -0.490 e. The SMILES string of the molecule is CCONC(=O)c1ccc(OCc2cccnc2)c(OCC)c1. The first-order valence-electron chi connectivity index (χ1n) is 7.45. The third-order valence-electron chi connectivity index (χ3n) is 2.93. The average Bonchev–Trinajstić information content (AvgIpc) is 2.59. The Hall–Kier alpha value is -2.60. The lowest BCUT2D eigenvalue weighted by Crippen LogP contribution is -2.23. The first-order valence-corrected chi connectivity index (χ1v) is 7.45. The highest BCUT2D eigenvalue weighted by Gasteiger charge is 2.12. The van der Waals surface area contributed by atoms with Crippen molar-refractivity contribution in [2.45, 2.75) is 20.5 Å². The highest BCUT2D eigenvalue weighted by Crippen LogP contribution is 2.29. The zero-order valence-electron chi connectivity index (χ0n) is 13.2. The van der Waals surface area contributed by atoms with Crippen LogP contribution >= 0.6 is 0 Å². The number of ether oxygens (including phenoxy) is 2. The molecule has 0 aliphatic rings. The van der Waals surface area contributed by atoms with Gasteiger partial charge in [0.25, 0.3) is 5.91 Å². The Morgan fingerprint density at radius 2 is 2.00 bits per heavy atom. The van der Waals surface area contributed by atoms with Gasteiger partial charge in [0.05, 0.1) is 13.2 Å². The van der Waals surface area contributed by atoms with Crippen molar-refractivity contribution in [1.29, 1.82) is 0 Å². The van der Waals surface area contributed by atoms with Crippen molar-refractivity contribution in [2.24, 2.45) is 0 Å². The van der Waals surface area contributed by atoms with Crippen LogP contribution in [-0.4, -0.2) is 24.1 Å². The number of pyridine rings is 1. The molecule has 0 bridgehead atoms. The van der Waals surface area contributed by atoms with Crippen LogP contribution < -0.4 is 15.0 Å². The minimum absolute atomic E-state index is 0.327. The molecule has 6 heteroatoms. The molecule has 0 saturated heterocycles. The summed E-state index contributed by atoms with van der Waals surface area (Å²) in [5.74, 6) is 0.760. The number of nitrogens with zero attached hydrogens (tertiary/aromatic N) is 1. The van der Waals surface area contributed by atoms with Gasteiger partial charge in [0, 0.05) is 23.5 Å². The van der Waals surface area contributed by atoms with Crippen LogP contribution in [0.5, 0.6) is 11.5 Å². The summed E-state index contributed by atoms with van der Waals surface area (Å²) < 4.78 is 11.3. The van der Waals surface area contributed by atoms with E-state index in [1.165, 1.54) is 0 Å². The van der Waals surface area contributed by atoms with Gasteiger partial charge in [0.15, 0.2) is 11.5 Å². The molecule has 1 aromatic heterocycles. The van der Waals surface area contributed by atoms with E-state index in [0.717, 1.165) is 5.56 Å². The van der Waals surface area contributed by atoms with E-state index in [2.05, 4.69) is 10.5 Å². The molecule has 0 fully saturated rings. The molecule has 2 aromatic rings. The second kappa shape index (κ2) is 8.75. The second-order valence-electron chi connectivity index (χ2n) is 4.61. The third kappa shape index (κ3) is 4.96. The van der Waals surface area contributed by atoms with E-state index < -0.39 is 0 Å². The van der Waals surface area contributed by atoms with Gasteiger partial charge in [-0.05, 0) is 38.1 Å². The lowest BCUT2D eigenvalue weighted by Gasteiger charge is -2.13. The van der Waals surface area contributed by atoms with Crippen molar-refractivity contribution in [1.82, 2.24) is 10.5 Å². The molecule has 0 unspecified atom stereocenters. The summed E-state index contributed by atoms with van der Waals surface area (Å²) in [4.78, 5) is 20.9. The van der Waals surface area contributed by atoms with Gasteiger partial charge in [-0.15, -0.1) is 0 Å². The van der Waals surface area contributed by atoms with Gasteiger partial charge in [-0.25, -0.2) is 5.48 Å². The number of benzene rings is 1. The summed E-state index contributed by atoms with van der Waals surface area (Å²) in [6, 6.07) is 8.79. The largest absolute Gasteiger partial charge is 0.490 e. The Bertz CT molecular complexity index is 632. The van der Waals surface area contributed by atoms with Crippen molar-refractivity contribution >= 4 is 5.91 Å². The molecule has 6 nitrogen and oxygen atoms in total. The highest BCUT2D eigenvalue weighted by molar-refractivity contribution is 5.94. The van der Waals surface area contributed by atoms with E-state index in [-0.39, 0.29) is 5.91 Å². The fourth-order valence-corrected chi connectivity index (χ4v) is 1.88. The number of nitrogens with one attached hydrogen (secondary N) is 1. The van der Waals surface area contributed by atoms with E-state index in [0.29, 0.717) is 36.9 Å². The highest BCUT2D eigenvalue weighted by atomic mass is 16.6. The molecule has 0 atom stereocenters. The van der Waals surface area contributed by atoms with Crippen molar-refractivity contribution in [2.75, 3.05) is 13.2 Å². The van der Waals surface area contributed by atoms with Crippen LogP contribution in [0.15, 0.2) is 42.7 Å². The van der Waals surface area contributed by atoms with Crippen LogP contribution in [-0.2, 0) is 11.4 Å². The molecule has 0 saturated carbocycles. The molecule has 1 N–H and O–H groups in total. The summed E-state index contributed by atoms with van der Waals surface area (Å²) >= 11 is 0. The Kier molecular flexibility index (Phi) is 6.38. The minimum atomic E-state index is -0.327. The third-order valence-corrected chi connectivity index (χ3v) is 2.93. The summed E-state index contributed by atoms with van der Waals surface area (Å²) in [7, 11) is 0. The van der Waals surface area contributed by atoms with Crippen LogP contribution in [0.25, 0.3) is 0 Å². The maximum absolute atomic E-state index is 11.9. The quantitative estimate of drug-likeness (QED) is 0.758. The van der Waals surface area contributed by atoms with E-state index >= 15 is 0 Å². The fraction of sp³-hybridized carbons (Fsp3) is 0.294. The zero-order chi connectivity index (χ0) is 16.5. The Labute approximate surface area is 135 Å². The lowest BCUT2D eigenvalue weighted by atomic mass is 10.2. The van der Waals surface area contributed by atoms with Crippen LogP contribution in [0.4, 0.5) is 0 Å². The van der Waals surface area contributed by atoms with Crippen molar-refractivity contribution in [3.63, 3.8) is 0 Å². The maximum atomic E-state index is 11.9. The van der Waals surface area contributed by atoms with Crippen molar-refractivity contribution < 1.29 is 19.1 Å². The van der Waals surface area contributed by atoms with E-state index in [1.807, 2.05) is 19.1 Å². The normalized spacial score (nSPS) is 10.2. The first kappa shape index (κ1) is 16.8. The molecule has 0 aliphatic carbocycles. The smallest absolute Gasteiger partial charge is 0.274 e. The second-order valence-corrected chi connectivity index (χ2v) is 4.61.